The number of nitro groups is 1. The van der Waals surface area contributed by atoms with Gasteiger partial charge in [0.25, 0.3) is 5.69 Å². The molecule has 0 aliphatic carbocycles. The van der Waals surface area contributed by atoms with Crippen molar-refractivity contribution in [3.8, 4) is 0 Å². The molecule has 2 N–H and O–H groups in total. The topological polar surface area (TPSA) is 89.5 Å². The Morgan fingerprint density at radius 2 is 2.16 bits per heavy atom. The van der Waals surface area contributed by atoms with Gasteiger partial charge < -0.3 is 10.6 Å². The molecule has 1 unspecified atom stereocenters. The van der Waals surface area contributed by atoms with Gasteiger partial charge in [-0.1, -0.05) is 0 Å². The summed E-state index contributed by atoms with van der Waals surface area (Å²) in [5.41, 5.74) is 4.17. The molecule has 8 heteroatoms. The molecule has 0 bridgehead atoms. The lowest BCUT2D eigenvalue weighted by Gasteiger charge is -2.17. The van der Waals surface area contributed by atoms with Gasteiger partial charge in [-0.3, -0.25) is 14.9 Å². The summed E-state index contributed by atoms with van der Waals surface area (Å²) in [6.45, 7) is 0.253. The molecule has 1 aliphatic rings. The van der Waals surface area contributed by atoms with Gasteiger partial charge in [-0.25, -0.2) is 8.78 Å². The summed E-state index contributed by atoms with van der Waals surface area (Å²) in [4.78, 5) is 22.6. The first-order valence-corrected chi connectivity index (χ1v) is 5.58. The van der Waals surface area contributed by atoms with E-state index < -0.39 is 33.8 Å². The van der Waals surface area contributed by atoms with E-state index in [1.807, 2.05) is 0 Å². The van der Waals surface area contributed by atoms with E-state index in [0.29, 0.717) is 6.07 Å². The number of hydrogen-bond acceptors (Lipinski definition) is 4. The van der Waals surface area contributed by atoms with E-state index in [-0.39, 0.29) is 25.4 Å². The summed E-state index contributed by atoms with van der Waals surface area (Å²) in [5.74, 6) is -3.33. The quantitative estimate of drug-likeness (QED) is 0.660. The summed E-state index contributed by atoms with van der Waals surface area (Å²) in [7, 11) is 0. The van der Waals surface area contributed by atoms with Gasteiger partial charge in [0.05, 0.1) is 4.92 Å². The van der Waals surface area contributed by atoms with Crippen molar-refractivity contribution in [3.05, 3.63) is 33.9 Å². The highest BCUT2D eigenvalue weighted by Crippen LogP contribution is 2.36. The fraction of sp³-hybridized carbons (Fsp3) is 0.364. The van der Waals surface area contributed by atoms with Crippen molar-refractivity contribution in [2.45, 2.75) is 6.42 Å². The van der Waals surface area contributed by atoms with E-state index in [4.69, 9.17) is 5.73 Å². The third kappa shape index (κ3) is 2.26. The standard InChI is InChI=1S/C11H11F2N3O3/c12-7-1-2-8(16(18)19)11(10(7)13)15-5-6(4-14)3-9(15)17/h1-2,6H,3-5,14H2. The third-order valence-corrected chi connectivity index (χ3v) is 3.05. The molecule has 1 heterocycles. The number of amides is 1. The van der Waals surface area contributed by atoms with Gasteiger partial charge in [0, 0.05) is 19.0 Å². The predicted molar refractivity (Wildman–Crippen MR) is 62.5 cm³/mol. The van der Waals surface area contributed by atoms with Crippen LogP contribution in [-0.4, -0.2) is 23.9 Å². The molecular formula is C11H11F2N3O3. The zero-order chi connectivity index (χ0) is 14.2. The molecule has 1 amide bonds. The fourth-order valence-corrected chi connectivity index (χ4v) is 2.09. The second-order valence-electron chi connectivity index (χ2n) is 4.30. The second-order valence-corrected chi connectivity index (χ2v) is 4.30. The molecule has 2 rings (SSSR count). The minimum absolute atomic E-state index is 0.0521. The fourth-order valence-electron chi connectivity index (χ4n) is 2.09. The molecule has 1 aromatic rings. The predicted octanol–water partition coefficient (Wildman–Crippen LogP) is 1.18. The Hall–Kier alpha value is -2.09. The van der Waals surface area contributed by atoms with Crippen LogP contribution >= 0.6 is 0 Å². The molecule has 1 saturated heterocycles. The zero-order valence-electron chi connectivity index (χ0n) is 9.81. The Morgan fingerprint density at radius 1 is 1.47 bits per heavy atom. The van der Waals surface area contributed by atoms with Gasteiger partial charge in [0.15, 0.2) is 17.3 Å². The van der Waals surface area contributed by atoms with Crippen LogP contribution in [0.1, 0.15) is 6.42 Å². The molecule has 1 aliphatic heterocycles. The van der Waals surface area contributed by atoms with Crippen molar-refractivity contribution in [3.63, 3.8) is 0 Å². The van der Waals surface area contributed by atoms with Crippen LogP contribution in [0.4, 0.5) is 20.2 Å². The molecule has 102 valence electrons. The molecule has 19 heavy (non-hydrogen) atoms. The van der Waals surface area contributed by atoms with Gasteiger partial charge in [-0.2, -0.15) is 0 Å². The first kappa shape index (κ1) is 13.3. The second kappa shape index (κ2) is 4.88. The average Bonchev–Trinajstić information content (AvgIpc) is 2.73. The summed E-state index contributed by atoms with van der Waals surface area (Å²) in [5, 5.41) is 10.9. The summed E-state index contributed by atoms with van der Waals surface area (Å²) >= 11 is 0. The molecule has 0 spiro atoms. The first-order valence-electron chi connectivity index (χ1n) is 5.58. The maximum Gasteiger partial charge on any atom is 0.296 e. The van der Waals surface area contributed by atoms with Gasteiger partial charge >= 0.3 is 0 Å². The van der Waals surface area contributed by atoms with Gasteiger partial charge in [-0.15, -0.1) is 0 Å². The van der Waals surface area contributed by atoms with Gasteiger partial charge in [0.2, 0.25) is 5.91 Å². The Bertz CT molecular complexity index is 550. The van der Waals surface area contributed by atoms with Crippen LogP contribution in [0, 0.1) is 27.7 Å². The monoisotopic (exact) mass is 271 g/mol. The number of nitro benzene ring substituents is 1. The highest BCUT2D eigenvalue weighted by atomic mass is 19.2. The van der Waals surface area contributed by atoms with E-state index in [9.17, 15) is 23.7 Å². The van der Waals surface area contributed by atoms with Gasteiger partial charge in [-0.05, 0) is 18.5 Å². The van der Waals surface area contributed by atoms with Crippen LogP contribution in [0.15, 0.2) is 12.1 Å². The van der Waals surface area contributed by atoms with E-state index in [1.54, 1.807) is 0 Å². The van der Waals surface area contributed by atoms with Gasteiger partial charge in [0.1, 0.15) is 0 Å². The van der Waals surface area contributed by atoms with Crippen molar-refractivity contribution in [1.29, 1.82) is 0 Å². The average molecular weight is 271 g/mol. The molecule has 0 saturated carbocycles. The maximum atomic E-state index is 13.8. The number of anilines is 1. The summed E-state index contributed by atoms with van der Waals surface area (Å²) < 4.78 is 27.0. The number of rotatable bonds is 3. The molecule has 0 radical (unpaired) electrons. The summed E-state index contributed by atoms with van der Waals surface area (Å²) in [6, 6.07) is 1.51. The highest BCUT2D eigenvalue weighted by molar-refractivity contribution is 5.98. The lowest BCUT2D eigenvalue weighted by Crippen LogP contribution is -2.27. The summed E-state index contributed by atoms with van der Waals surface area (Å²) in [6.07, 6.45) is 0.0730. The Morgan fingerprint density at radius 3 is 2.68 bits per heavy atom. The van der Waals surface area contributed by atoms with Crippen LogP contribution in [0.2, 0.25) is 0 Å². The minimum atomic E-state index is -1.39. The minimum Gasteiger partial charge on any atom is -0.330 e. The van der Waals surface area contributed by atoms with Crippen LogP contribution in [0.5, 0.6) is 0 Å². The van der Waals surface area contributed by atoms with Crippen molar-refractivity contribution in [1.82, 2.24) is 0 Å². The van der Waals surface area contributed by atoms with E-state index in [0.717, 1.165) is 11.0 Å². The zero-order valence-corrected chi connectivity index (χ0v) is 9.81. The van der Waals surface area contributed by atoms with Crippen LogP contribution in [-0.2, 0) is 4.79 Å². The smallest absolute Gasteiger partial charge is 0.296 e. The molecular weight excluding hydrogens is 260 g/mol. The van der Waals surface area contributed by atoms with Crippen molar-refractivity contribution < 1.29 is 18.5 Å². The molecule has 6 nitrogen and oxygen atoms in total. The van der Waals surface area contributed by atoms with E-state index in [2.05, 4.69) is 0 Å². The Kier molecular flexibility index (Phi) is 3.43. The van der Waals surface area contributed by atoms with Crippen molar-refractivity contribution in [2.24, 2.45) is 11.7 Å². The lowest BCUT2D eigenvalue weighted by atomic mass is 10.1. The molecule has 1 fully saturated rings. The first-order chi connectivity index (χ1) is 8.95. The number of carbonyl (C=O) groups is 1. The largest absolute Gasteiger partial charge is 0.330 e. The normalized spacial score (nSPS) is 19.0. The number of hydrogen-bond donors (Lipinski definition) is 1. The number of carbonyl (C=O) groups excluding carboxylic acids is 1. The SMILES string of the molecule is NCC1CC(=O)N(c2c([N+](=O)[O-])ccc(F)c2F)C1. The number of benzene rings is 1. The number of nitrogens with two attached hydrogens (primary N) is 1. The maximum absolute atomic E-state index is 13.8. The third-order valence-electron chi connectivity index (χ3n) is 3.05. The Balaban J connectivity index is 2.52. The highest BCUT2D eigenvalue weighted by Gasteiger charge is 2.36. The van der Waals surface area contributed by atoms with Crippen LogP contribution < -0.4 is 10.6 Å². The molecule has 1 atom stereocenters. The van der Waals surface area contributed by atoms with Crippen molar-refractivity contribution >= 4 is 17.3 Å². The Labute approximate surface area is 106 Å². The number of halogens is 2. The number of nitrogens with zero attached hydrogens (tertiary/aromatic N) is 2. The van der Waals surface area contributed by atoms with Crippen LogP contribution in [0.25, 0.3) is 0 Å². The molecule has 1 aromatic carbocycles. The van der Waals surface area contributed by atoms with E-state index >= 15 is 0 Å². The van der Waals surface area contributed by atoms with Crippen LogP contribution in [0.3, 0.4) is 0 Å². The van der Waals surface area contributed by atoms with E-state index in [1.165, 1.54) is 0 Å². The lowest BCUT2D eigenvalue weighted by molar-refractivity contribution is -0.384. The molecule has 0 aromatic heterocycles. The van der Waals surface area contributed by atoms with Crippen molar-refractivity contribution in [2.75, 3.05) is 18.0 Å².